The van der Waals surface area contributed by atoms with E-state index in [2.05, 4.69) is 4.98 Å². The van der Waals surface area contributed by atoms with Crippen molar-refractivity contribution >= 4 is 5.69 Å². The van der Waals surface area contributed by atoms with Gasteiger partial charge in [-0.15, -0.1) is 0 Å². The second-order valence-corrected chi connectivity index (χ2v) is 5.17. The van der Waals surface area contributed by atoms with E-state index in [0.29, 0.717) is 24.2 Å². The van der Waals surface area contributed by atoms with E-state index in [9.17, 15) is 8.78 Å². The highest BCUT2D eigenvalue weighted by atomic mass is 19.1. The molecule has 112 valence electrons. The summed E-state index contributed by atoms with van der Waals surface area (Å²) in [6.07, 6.45) is 4.11. The average molecular weight is 299 g/mol. The van der Waals surface area contributed by atoms with Crippen molar-refractivity contribution in [3.8, 4) is 0 Å². The van der Waals surface area contributed by atoms with Gasteiger partial charge < -0.3 is 10.3 Å². The highest BCUT2D eigenvalue weighted by Gasteiger charge is 2.07. The van der Waals surface area contributed by atoms with Gasteiger partial charge in [-0.3, -0.25) is 0 Å². The van der Waals surface area contributed by atoms with Crippen LogP contribution < -0.4 is 5.73 Å². The van der Waals surface area contributed by atoms with E-state index in [1.165, 1.54) is 12.1 Å². The number of imidazole rings is 1. The largest absolute Gasteiger partial charge is 0.399 e. The van der Waals surface area contributed by atoms with Crippen LogP contribution in [0.25, 0.3) is 0 Å². The summed E-state index contributed by atoms with van der Waals surface area (Å²) in [5, 5.41) is 0. The predicted molar refractivity (Wildman–Crippen MR) is 81.3 cm³/mol. The molecular formula is C17H15F2N3. The lowest BCUT2D eigenvalue weighted by atomic mass is 10.1. The van der Waals surface area contributed by atoms with Crippen LogP contribution in [0.2, 0.25) is 0 Å². The SMILES string of the molecule is Nc1ccc(Cc2nccn2Cc2cc(F)cc(F)c2)cc1. The van der Waals surface area contributed by atoms with Gasteiger partial charge in [0.1, 0.15) is 17.5 Å². The predicted octanol–water partition coefficient (Wildman–Crippen LogP) is 3.38. The molecule has 0 fully saturated rings. The zero-order valence-electron chi connectivity index (χ0n) is 11.8. The van der Waals surface area contributed by atoms with Crippen LogP contribution in [0.5, 0.6) is 0 Å². The Labute approximate surface area is 127 Å². The number of nitrogen functional groups attached to an aromatic ring is 1. The Morgan fingerprint density at radius 2 is 1.64 bits per heavy atom. The lowest BCUT2D eigenvalue weighted by Crippen LogP contribution is -2.06. The van der Waals surface area contributed by atoms with Gasteiger partial charge in [-0.2, -0.15) is 0 Å². The van der Waals surface area contributed by atoms with Crippen molar-refractivity contribution in [3.63, 3.8) is 0 Å². The molecule has 2 N–H and O–H groups in total. The third-order valence-corrected chi connectivity index (χ3v) is 3.42. The zero-order valence-corrected chi connectivity index (χ0v) is 11.8. The van der Waals surface area contributed by atoms with Crippen LogP contribution in [0.3, 0.4) is 0 Å². The molecule has 2 aromatic carbocycles. The van der Waals surface area contributed by atoms with Crippen LogP contribution in [0.4, 0.5) is 14.5 Å². The van der Waals surface area contributed by atoms with Gasteiger partial charge in [0.2, 0.25) is 0 Å². The fourth-order valence-electron chi connectivity index (χ4n) is 2.37. The zero-order chi connectivity index (χ0) is 15.5. The molecule has 22 heavy (non-hydrogen) atoms. The van der Waals surface area contributed by atoms with E-state index >= 15 is 0 Å². The van der Waals surface area contributed by atoms with E-state index in [4.69, 9.17) is 5.73 Å². The van der Waals surface area contributed by atoms with Gasteiger partial charge in [0.05, 0.1) is 0 Å². The smallest absolute Gasteiger partial charge is 0.126 e. The monoisotopic (exact) mass is 299 g/mol. The summed E-state index contributed by atoms with van der Waals surface area (Å²) in [7, 11) is 0. The first-order chi connectivity index (χ1) is 10.6. The molecule has 0 bridgehead atoms. The summed E-state index contributed by atoms with van der Waals surface area (Å²) in [5.41, 5.74) is 8.02. The molecule has 0 radical (unpaired) electrons. The Morgan fingerprint density at radius 1 is 0.955 bits per heavy atom. The van der Waals surface area contributed by atoms with E-state index in [-0.39, 0.29) is 0 Å². The molecule has 0 saturated carbocycles. The average Bonchev–Trinajstić information content (AvgIpc) is 2.87. The molecule has 3 nitrogen and oxygen atoms in total. The van der Waals surface area contributed by atoms with Crippen LogP contribution in [-0.2, 0) is 13.0 Å². The van der Waals surface area contributed by atoms with Crippen LogP contribution in [0, 0.1) is 11.6 Å². The topological polar surface area (TPSA) is 43.8 Å². The normalized spacial score (nSPS) is 10.8. The molecule has 0 unspecified atom stereocenters. The first-order valence-electron chi connectivity index (χ1n) is 6.89. The van der Waals surface area contributed by atoms with Crippen molar-refractivity contribution in [1.82, 2.24) is 9.55 Å². The summed E-state index contributed by atoms with van der Waals surface area (Å²) in [6.45, 7) is 0.374. The van der Waals surface area contributed by atoms with Crippen molar-refractivity contribution in [2.75, 3.05) is 5.73 Å². The number of nitrogens with two attached hydrogens (primary N) is 1. The molecule has 0 saturated heterocycles. The molecule has 1 heterocycles. The Morgan fingerprint density at radius 3 is 2.32 bits per heavy atom. The maximum atomic E-state index is 13.3. The Balaban J connectivity index is 1.81. The molecule has 0 aliphatic carbocycles. The Bertz CT molecular complexity index is 759. The van der Waals surface area contributed by atoms with E-state index in [1.54, 1.807) is 12.4 Å². The second kappa shape index (κ2) is 5.97. The van der Waals surface area contributed by atoms with Crippen molar-refractivity contribution in [3.05, 3.63) is 83.4 Å². The van der Waals surface area contributed by atoms with Gasteiger partial charge in [0.15, 0.2) is 0 Å². The standard InChI is InChI=1S/C17H15F2N3/c18-14-7-13(8-15(19)10-14)11-22-6-5-21-17(22)9-12-1-3-16(20)4-2-12/h1-8,10H,9,11,20H2. The number of nitrogens with zero attached hydrogens (tertiary/aromatic N) is 2. The van der Waals surface area contributed by atoms with Gasteiger partial charge in [-0.05, 0) is 35.4 Å². The Kier molecular flexibility index (Phi) is 3.87. The summed E-state index contributed by atoms with van der Waals surface area (Å²) < 4.78 is 28.4. The quantitative estimate of drug-likeness (QED) is 0.751. The number of hydrogen-bond donors (Lipinski definition) is 1. The van der Waals surface area contributed by atoms with Crippen molar-refractivity contribution < 1.29 is 8.78 Å². The highest BCUT2D eigenvalue weighted by molar-refractivity contribution is 5.40. The van der Waals surface area contributed by atoms with Gasteiger partial charge >= 0.3 is 0 Å². The van der Waals surface area contributed by atoms with Crippen molar-refractivity contribution in [2.45, 2.75) is 13.0 Å². The van der Waals surface area contributed by atoms with Crippen LogP contribution in [-0.4, -0.2) is 9.55 Å². The number of halogens is 2. The summed E-state index contributed by atoms with van der Waals surface area (Å²) in [4.78, 5) is 4.32. The van der Waals surface area contributed by atoms with E-state index in [1.807, 2.05) is 28.8 Å². The Hall–Kier alpha value is -2.69. The minimum atomic E-state index is -0.574. The molecule has 0 aliphatic rings. The van der Waals surface area contributed by atoms with Crippen molar-refractivity contribution in [2.24, 2.45) is 0 Å². The maximum Gasteiger partial charge on any atom is 0.126 e. The fourth-order valence-corrected chi connectivity index (χ4v) is 2.37. The van der Waals surface area contributed by atoms with Crippen LogP contribution in [0.15, 0.2) is 54.9 Å². The molecule has 3 aromatic rings. The molecule has 3 rings (SSSR count). The van der Waals surface area contributed by atoms with Crippen LogP contribution in [0.1, 0.15) is 17.0 Å². The molecule has 0 amide bonds. The number of anilines is 1. The second-order valence-electron chi connectivity index (χ2n) is 5.17. The third-order valence-electron chi connectivity index (χ3n) is 3.42. The van der Waals surface area contributed by atoms with Gasteiger partial charge in [-0.25, -0.2) is 13.8 Å². The van der Waals surface area contributed by atoms with Crippen molar-refractivity contribution in [1.29, 1.82) is 0 Å². The lowest BCUT2D eigenvalue weighted by molar-refractivity contribution is 0.576. The van der Waals surface area contributed by atoms with Crippen LogP contribution >= 0.6 is 0 Å². The summed E-state index contributed by atoms with van der Waals surface area (Å²) in [5.74, 6) is -0.320. The molecule has 0 spiro atoms. The first kappa shape index (κ1) is 14.3. The minimum Gasteiger partial charge on any atom is -0.399 e. The van der Waals surface area contributed by atoms with Gasteiger partial charge in [-0.1, -0.05) is 12.1 Å². The first-order valence-corrected chi connectivity index (χ1v) is 6.89. The molecular weight excluding hydrogens is 284 g/mol. The maximum absolute atomic E-state index is 13.3. The number of aromatic nitrogens is 2. The minimum absolute atomic E-state index is 0.374. The third kappa shape index (κ3) is 3.31. The number of hydrogen-bond acceptors (Lipinski definition) is 2. The summed E-state index contributed by atoms with van der Waals surface area (Å²) >= 11 is 0. The number of benzene rings is 2. The molecule has 0 atom stereocenters. The number of rotatable bonds is 4. The highest BCUT2D eigenvalue weighted by Crippen LogP contribution is 2.14. The lowest BCUT2D eigenvalue weighted by Gasteiger charge is -2.09. The molecule has 0 aliphatic heterocycles. The van der Waals surface area contributed by atoms with Gasteiger partial charge in [0.25, 0.3) is 0 Å². The van der Waals surface area contributed by atoms with E-state index in [0.717, 1.165) is 17.5 Å². The molecule has 1 aromatic heterocycles. The molecule has 5 heteroatoms. The summed E-state index contributed by atoms with van der Waals surface area (Å²) in [6, 6.07) is 11.1. The fraction of sp³-hybridized carbons (Fsp3) is 0.118. The van der Waals surface area contributed by atoms with E-state index < -0.39 is 11.6 Å². The van der Waals surface area contributed by atoms with Gasteiger partial charge in [0, 0.05) is 37.1 Å².